The molecule has 0 saturated heterocycles. The molecule has 1 aliphatic rings. The zero-order valence-corrected chi connectivity index (χ0v) is 14.5. The van der Waals surface area contributed by atoms with Crippen molar-refractivity contribution in [2.45, 2.75) is 48.5 Å². The molecule has 0 spiro atoms. The molecule has 2 rings (SSSR count). The lowest BCUT2D eigenvalue weighted by atomic mass is 10.1. The highest BCUT2D eigenvalue weighted by molar-refractivity contribution is 5.22. The molecular weight excluding hydrogens is 240 g/mol. The summed E-state index contributed by atoms with van der Waals surface area (Å²) in [5, 5.41) is 0. The van der Waals surface area contributed by atoms with Crippen molar-refractivity contribution in [2.75, 3.05) is 0 Å². The first kappa shape index (κ1) is 18.7. The van der Waals surface area contributed by atoms with E-state index < -0.39 is 0 Å². The maximum absolute atomic E-state index is 3.83. The molecule has 2 unspecified atom stereocenters. The van der Waals surface area contributed by atoms with E-state index in [1.807, 2.05) is 6.92 Å². The Morgan fingerprint density at radius 1 is 0.950 bits per heavy atom. The second-order valence-corrected chi connectivity index (χ2v) is 6.31. The average molecular weight is 272 g/mol. The van der Waals surface area contributed by atoms with Crippen LogP contribution in [0.15, 0.2) is 48.6 Å². The van der Waals surface area contributed by atoms with Crippen LogP contribution < -0.4 is 0 Å². The molecule has 1 saturated carbocycles. The Bertz CT molecular complexity index is 377. The average Bonchev–Trinajstić information content (AvgIpc) is 2.91. The van der Waals surface area contributed by atoms with Crippen LogP contribution >= 0.6 is 0 Å². The Labute approximate surface area is 126 Å². The molecule has 112 valence electrons. The zero-order valence-electron chi connectivity index (χ0n) is 14.5. The molecule has 0 heterocycles. The van der Waals surface area contributed by atoms with Crippen molar-refractivity contribution in [3.05, 3.63) is 59.7 Å². The van der Waals surface area contributed by atoms with Gasteiger partial charge in [-0.3, -0.25) is 0 Å². The molecule has 1 aliphatic carbocycles. The topological polar surface area (TPSA) is 0 Å². The number of hydrogen-bond acceptors (Lipinski definition) is 0. The highest BCUT2D eigenvalue weighted by Gasteiger charge is 2.32. The van der Waals surface area contributed by atoms with Gasteiger partial charge in [-0.1, -0.05) is 87.4 Å². The zero-order chi connectivity index (χ0) is 15.9. The summed E-state index contributed by atoms with van der Waals surface area (Å²) in [5.74, 6) is 2.31. The van der Waals surface area contributed by atoms with E-state index in [2.05, 4.69) is 79.0 Å². The van der Waals surface area contributed by atoms with E-state index in [-0.39, 0.29) is 0 Å². The third kappa shape index (κ3) is 7.99. The van der Waals surface area contributed by atoms with E-state index in [0.29, 0.717) is 5.92 Å². The molecule has 0 bridgehead atoms. The summed E-state index contributed by atoms with van der Waals surface area (Å²) in [6, 6.07) is 8.48. The third-order valence-corrected chi connectivity index (χ3v) is 4.01. The van der Waals surface area contributed by atoms with Crippen molar-refractivity contribution in [3.8, 4) is 0 Å². The molecule has 0 radical (unpaired) electrons. The maximum Gasteiger partial charge on any atom is -0.0168 e. The largest absolute Gasteiger partial charge is 0.0999 e. The first-order chi connectivity index (χ1) is 9.16. The van der Waals surface area contributed by atoms with Gasteiger partial charge >= 0.3 is 0 Å². The van der Waals surface area contributed by atoms with Gasteiger partial charge in [-0.2, -0.15) is 0 Å². The standard InChI is InChI=1S/C8H10.C6H10.C6H12/c1-7-3-5-8(2)6-4-7;1-4-5(2)6(4)3;1-5(2)6(3)4/h3-6H,1-2H3;5-6H,1H2,2-3H3;6H,1H2,2-4H3. The van der Waals surface area contributed by atoms with Gasteiger partial charge in [-0.05, 0) is 38.5 Å². The number of benzene rings is 1. The van der Waals surface area contributed by atoms with Crippen molar-refractivity contribution in [1.29, 1.82) is 0 Å². The minimum absolute atomic E-state index is 0.657. The molecule has 0 nitrogen and oxygen atoms in total. The monoisotopic (exact) mass is 272 g/mol. The van der Waals surface area contributed by atoms with E-state index in [9.17, 15) is 0 Å². The van der Waals surface area contributed by atoms with E-state index in [1.165, 1.54) is 22.3 Å². The van der Waals surface area contributed by atoms with Crippen LogP contribution in [0, 0.1) is 31.6 Å². The minimum atomic E-state index is 0.657. The van der Waals surface area contributed by atoms with Crippen molar-refractivity contribution < 1.29 is 0 Å². The molecule has 0 aliphatic heterocycles. The molecule has 0 heteroatoms. The van der Waals surface area contributed by atoms with Crippen LogP contribution in [0.2, 0.25) is 0 Å². The van der Waals surface area contributed by atoms with Gasteiger partial charge in [0, 0.05) is 0 Å². The SMILES string of the molecule is C=C(C)C(C)C.C=C1C(C)C1C.Cc1ccc(C)cc1. The number of rotatable bonds is 1. The van der Waals surface area contributed by atoms with E-state index in [1.54, 1.807) is 0 Å². The van der Waals surface area contributed by atoms with Crippen molar-refractivity contribution in [3.63, 3.8) is 0 Å². The van der Waals surface area contributed by atoms with Crippen molar-refractivity contribution in [1.82, 2.24) is 0 Å². The van der Waals surface area contributed by atoms with E-state index in [4.69, 9.17) is 0 Å². The quantitative estimate of drug-likeness (QED) is 0.522. The summed E-state index contributed by atoms with van der Waals surface area (Å²) in [5.41, 5.74) is 5.34. The lowest BCUT2D eigenvalue weighted by Crippen LogP contribution is -1.83. The fourth-order valence-corrected chi connectivity index (χ4v) is 1.29. The van der Waals surface area contributed by atoms with Gasteiger partial charge in [0.05, 0.1) is 0 Å². The van der Waals surface area contributed by atoms with Gasteiger partial charge in [0.1, 0.15) is 0 Å². The molecule has 1 aromatic rings. The van der Waals surface area contributed by atoms with Crippen LogP contribution in [0.4, 0.5) is 0 Å². The van der Waals surface area contributed by atoms with Gasteiger partial charge < -0.3 is 0 Å². The molecule has 1 fully saturated rings. The first-order valence-corrected chi connectivity index (χ1v) is 7.54. The molecular formula is C20H32. The third-order valence-electron chi connectivity index (χ3n) is 4.01. The lowest BCUT2D eigenvalue weighted by Gasteiger charge is -1.97. The summed E-state index contributed by atoms with van der Waals surface area (Å²) in [4.78, 5) is 0. The first-order valence-electron chi connectivity index (χ1n) is 7.54. The Morgan fingerprint density at radius 3 is 1.25 bits per heavy atom. The predicted molar refractivity (Wildman–Crippen MR) is 93.0 cm³/mol. The summed E-state index contributed by atoms with van der Waals surface area (Å²) >= 11 is 0. The van der Waals surface area contributed by atoms with E-state index >= 15 is 0 Å². The van der Waals surface area contributed by atoms with Gasteiger partial charge in [-0.15, -0.1) is 0 Å². The fraction of sp³-hybridized carbons (Fsp3) is 0.500. The predicted octanol–water partition coefficient (Wildman–Crippen LogP) is 6.35. The minimum Gasteiger partial charge on any atom is -0.0999 e. The number of allylic oxidation sites excluding steroid dienone is 2. The van der Waals surface area contributed by atoms with Gasteiger partial charge in [0.2, 0.25) is 0 Å². The highest BCUT2D eigenvalue weighted by atomic mass is 14.4. The van der Waals surface area contributed by atoms with Gasteiger partial charge in [-0.25, -0.2) is 0 Å². The highest BCUT2D eigenvalue weighted by Crippen LogP contribution is 2.42. The second kappa shape index (κ2) is 8.79. The molecule has 1 aromatic carbocycles. The lowest BCUT2D eigenvalue weighted by molar-refractivity contribution is 0.773. The maximum atomic E-state index is 3.83. The molecule has 2 atom stereocenters. The number of aryl methyl sites for hydroxylation is 2. The van der Waals surface area contributed by atoms with Gasteiger partial charge in [0.25, 0.3) is 0 Å². The molecule has 20 heavy (non-hydrogen) atoms. The van der Waals surface area contributed by atoms with Crippen LogP contribution in [0.5, 0.6) is 0 Å². The Kier molecular flexibility index (Phi) is 8.22. The summed E-state index contributed by atoms with van der Waals surface area (Å²) < 4.78 is 0. The summed E-state index contributed by atoms with van der Waals surface area (Å²) in [6.07, 6.45) is 0. The van der Waals surface area contributed by atoms with Crippen LogP contribution in [-0.4, -0.2) is 0 Å². The Morgan fingerprint density at radius 2 is 1.15 bits per heavy atom. The Balaban J connectivity index is 0.000000276. The Hall–Kier alpha value is -1.30. The fourth-order valence-electron chi connectivity index (χ4n) is 1.29. The number of hydrogen-bond donors (Lipinski definition) is 0. The van der Waals surface area contributed by atoms with Crippen molar-refractivity contribution in [2.24, 2.45) is 17.8 Å². The van der Waals surface area contributed by atoms with Crippen LogP contribution in [-0.2, 0) is 0 Å². The van der Waals surface area contributed by atoms with Gasteiger partial charge in [0.15, 0.2) is 0 Å². The second-order valence-electron chi connectivity index (χ2n) is 6.31. The van der Waals surface area contributed by atoms with Crippen LogP contribution in [0.25, 0.3) is 0 Å². The normalized spacial score (nSPS) is 19.5. The van der Waals surface area contributed by atoms with Crippen molar-refractivity contribution >= 4 is 0 Å². The summed E-state index contributed by atoms with van der Waals surface area (Å²) in [6.45, 7) is 22.5. The van der Waals surface area contributed by atoms with Crippen LogP contribution in [0.3, 0.4) is 0 Å². The summed E-state index contributed by atoms with van der Waals surface area (Å²) in [7, 11) is 0. The smallest absolute Gasteiger partial charge is 0.0168 e. The molecule has 0 aromatic heterocycles. The van der Waals surface area contributed by atoms with Crippen LogP contribution in [0.1, 0.15) is 45.7 Å². The molecule has 0 N–H and O–H groups in total. The van der Waals surface area contributed by atoms with E-state index in [0.717, 1.165) is 11.8 Å². The molecule has 0 amide bonds.